The first-order chi connectivity index (χ1) is 8.88. The molecule has 1 saturated heterocycles. The lowest BCUT2D eigenvalue weighted by Crippen LogP contribution is -2.40. The number of rotatable bonds is 3. The summed E-state index contributed by atoms with van der Waals surface area (Å²) in [5.74, 6) is 1.32. The average Bonchev–Trinajstić information content (AvgIpc) is 2.37. The molecule has 21 heavy (non-hydrogen) atoms. The maximum atomic E-state index is 5.26. The van der Waals surface area contributed by atoms with Gasteiger partial charge in [0.1, 0.15) is 5.75 Å². The Labute approximate surface area is 133 Å². The monoisotopic (exact) mass is 309 g/mol. The second-order valence-corrected chi connectivity index (χ2v) is 4.38. The van der Waals surface area contributed by atoms with E-state index < -0.39 is 0 Å². The van der Waals surface area contributed by atoms with E-state index >= 15 is 0 Å². The molecule has 0 atom stereocenters. The minimum Gasteiger partial charge on any atom is -0.497 e. The number of nitrogens with zero attached hydrogens (tertiary/aromatic N) is 2. The summed E-state index contributed by atoms with van der Waals surface area (Å²) in [6.07, 6.45) is 3.50. The van der Waals surface area contributed by atoms with Crippen LogP contribution >= 0.6 is 12.4 Å². The number of benzene rings is 1. The van der Waals surface area contributed by atoms with Gasteiger partial charge in [-0.1, -0.05) is 27.0 Å². The first-order valence-corrected chi connectivity index (χ1v) is 6.04. The van der Waals surface area contributed by atoms with Crippen LogP contribution in [0, 0.1) is 0 Å². The maximum absolute atomic E-state index is 5.26. The van der Waals surface area contributed by atoms with Gasteiger partial charge >= 0.3 is 0 Å². The van der Waals surface area contributed by atoms with Gasteiger partial charge in [-0.3, -0.25) is 9.97 Å². The van der Waals surface area contributed by atoms with Crippen molar-refractivity contribution in [3.63, 3.8) is 0 Å². The van der Waals surface area contributed by atoms with Crippen LogP contribution in [0.5, 0.6) is 5.75 Å². The van der Waals surface area contributed by atoms with Gasteiger partial charge in [-0.05, 0) is 12.1 Å². The van der Waals surface area contributed by atoms with E-state index in [-0.39, 0.29) is 27.3 Å². The molecule has 1 aliphatic heterocycles. The summed E-state index contributed by atoms with van der Waals surface area (Å²) in [6, 6.07) is 7.96. The molecule has 1 N–H and O–H groups in total. The van der Waals surface area contributed by atoms with Crippen LogP contribution in [0.3, 0.4) is 0 Å². The molecule has 0 unspecified atom stereocenters. The van der Waals surface area contributed by atoms with Crippen LogP contribution in [0.1, 0.15) is 26.5 Å². The third-order valence-electron chi connectivity index (χ3n) is 3.24. The topological polar surface area (TPSA) is 47.0 Å². The van der Waals surface area contributed by atoms with E-state index in [1.807, 2.05) is 24.3 Å². The van der Waals surface area contributed by atoms with Gasteiger partial charge in [0.05, 0.1) is 18.5 Å². The van der Waals surface area contributed by atoms with Gasteiger partial charge < -0.3 is 10.1 Å². The number of nitrogens with one attached hydrogen (secondary N) is 1. The first kappa shape index (κ1) is 19.4. The number of methoxy groups -OCH3 is 1. The standard InChI is InChI=1S/C14H15N3O.2CH4.ClH/c1-18-12-4-2-3-10(7-12)13-14(11-8-15-9-11)17-6-5-16-13;;;/h2-7,11,15H,8-9H2,1H3;2*1H4;1H. The molecule has 0 radical (unpaired) electrons. The van der Waals surface area contributed by atoms with E-state index in [1.165, 1.54) is 0 Å². The van der Waals surface area contributed by atoms with Gasteiger partial charge in [0.15, 0.2) is 0 Å². The smallest absolute Gasteiger partial charge is 0.119 e. The Kier molecular flexibility index (Phi) is 7.92. The van der Waals surface area contributed by atoms with E-state index in [0.29, 0.717) is 5.92 Å². The Bertz CT molecular complexity index is 559. The molecule has 116 valence electrons. The summed E-state index contributed by atoms with van der Waals surface area (Å²) in [4.78, 5) is 8.97. The van der Waals surface area contributed by atoms with Crippen molar-refractivity contribution in [2.75, 3.05) is 20.2 Å². The third kappa shape index (κ3) is 3.93. The minimum absolute atomic E-state index is 0. The zero-order chi connectivity index (χ0) is 12.4. The largest absolute Gasteiger partial charge is 0.497 e. The van der Waals surface area contributed by atoms with Gasteiger partial charge in [0, 0.05) is 37.0 Å². The zero-order valence-electron chi connectivity index (χ0n) is 10.7. The lowest BCUT2D eigenvalue weighted by Gasteiger charge is -2.27. The van der Waals surface area contributed by atoms with Crippen LogP contribution in [0.25, 0.3) is 11.3 Å². The van der Waals surface area contributed by atoms with Crippen LogP contribution < -0.4 is 10.1 Å². The summed E-state index contributed by atoms with van der Waals surface area (Å²) in [5, 5.41) is 3.27. The normalized spacial score (nSPS) is 13.0. The highest BCUT2D eigenvalue weighted by Crippen LogP contribution is 2.29. The third-order valence-corrected chi connectivity index (χ3v) is 3.24. The highest BCUT2D eigenvalue weighted by atomic mass is 35.5. The average molecular weight is 310 g/mol. The van der Waals surface area contributed by atoms with Crippen molar-refractivity contribution in [2.24, 2.45) is 0 Å². The number of ether oxygens (including phenoxy) is 1. The van der Waals surface area contributed by atoms with Crippen LogP contribution in [0.4, 0.5) is 0 Å². The van der Waals surface area contributed by atoms with Gasteiger partial charge in [0.2, 0.25) is 0 Å². The summed E-state index contributed by atoms with van der Waals surface area (Å²) in [7, 11) is 1.67. The van der Waals surface area contributed by atoms with Crippen molar-refractivity contribution in [3.05, 3.63) is 42.4 Å². The number of aromatic nitrogens is 2. The molecule has 3 rings (SSSR count). The summed E-state index contributed by atoms with van der Waals surface area (Å²) >= 11 is 0. The van der Waals surface area contributed by atoms with Crippen molar-refractivity contribution < 1.29 is 4.74 Å². The highest BCUT2D eigenvalue weighted by Gasteiger charge is 2.24. The van der Waals surface area contributed by atoms with E-state index in [0.717, 1.165) is 35.8 Å². The lowest BCUT2D eigenvalue weighted by atomic mass is 9.94. The van der Waals surface area contributed by atoms with Crippen LogP contribution in [-0.4, -0.2) is 30.2 Å². The molecule has 0 amide bonds. The predicted octanol–water partition coefficient (Wildman–Crippen LogP) is 3.53. The van der Waals surface area contributed by atoms with Crippen LogP contribution in [-0.2, 0) is 0 Å². The Morgan fingerprint density at radius 2 is 1.86 bits per heavy atom. The van der Waals surface area contributed by atoms with Crippen LogP contribution in [0.2, 0.25) is 0 Å². The van der Waals surface area contributed by atoms with Gasteiger partial charge in [-0.15, -0.1) is 12.4 Å². The molecule has 1 aliphatic rings. The van der Waals surface area contributed by atoms with Gasteiger partial charge in [-0.25, -0.2) is 0 Å². The molecule has 2 aromatic rings. The molecule has 1 aromatic carbocycles. The Morgan fingerprint density at radius 1 is 1.14 bits per heavy atom. The SMILES string of the molecule is C.C.COc1cccc(-c2nccnc2C2CNC2)c1.Cl. The second kappa shape index (κ2) is 8.60. The van der Waals surface area contributed by atoms with Crippen LogP contribution in [0.15, 0.2) is 36.7 Å². The fraction of sp³-hybridized carbons (Fsp3) is 0.375. The second-order valence-electron chi connectivity index (χ2n) is 4.38. The van der Waals surface area contributed by atoms with E-state index in [1.54, 1.807) is 19.5 Å². The Balaban J connectivity index is 0.00000133. The highest BCUT2D eigenvalue weighted by molar-refractivity contribution is 5.85. The molecule has 0 bridgehead atoms. The Morgan fingerprint density at radius 3 is 2.48 bits per heavy atom. The molecule has 5 heteroatoms. The minimum atomic E-state index is 0. The van der Waals surface area contributed by atoms with E-state index in [4.69, 9.17) is 4.74 Å². The fourth-order valence-electron chi connectivity index (χ4n) is 2.12. The predicted molar refractivity (Wildman–Crippen MR) is 90.3 cm³/mol. The summed E-state index contributed by atoms with van der Waals surface area (Å²) in [5.41, 5.74) is 3.09. The van der Waals surface area contributed by atoms with Crippen molar-refractivity contribution in [3.8, 4) is 17.0 Å². The molecular formula is C16H24ClN3O. The molecule has 1 fully saturated rings. The van der Waals surface area contributed by atoms with Gasteiger partial charge in [-0.2, -0.15) is 0 Å². The molecular weight excluding hydrogens is 286 g/mol. The maximum Gasteiger partial charge on any atom is 0.119 e. The van der Waals surface area contributed by atoms with Crippen molar-refractivity contribution in [1.29, 1.82) is 0 Å². The number of hydrogen-bond donors (Lipinski definition) is 1. The van der Waals surface area contributed by atoms with Gasteiger partial charge in [0.25, 0.3) is 0 Å². The number of halogens is 1. The molecule has 2 heterocycles. The van der Waals surface area contributed by atoms with E-state index in [2.05, 4.69) is 15.3 Å². The number of hydrogen-bond acceptors (Lipinski definition) is 4. The first-order valence-electron chi connectivity index (χ1n) is 6.04. The fourth-order valence-corrected chi connectivity index (χ4v) is 2.12. The summed E-state index contributed by atoms with van der Waals surface area (Å²) < 4.78 is 5.26. The lowest BCUT2D eigenvalue weighted by molar-refractivity contribution is 0.415. The molecule has 0 aliphatic carbocycles. The molecule has 0 saturated carbocycles. The van der Waals surface area contributed by atoms with Crippen molar-refractivity contribution in [1.82, 2.24) is 15.3 Å². The zero-order valence-corrected chi connectivity index (χ0v) is 11.5. The Hall–Kier alpha value is -1.65. The van der Waals surface area contributed by atoms with E-state index in [9.17, 15) is 0 Å². The molecule has 0 spiro atoms. The molecule has 4 nitrogen and oxygen atoms in total. The van der Waals surface area contributed by atoms with Crippen molar-refractivity contribution >= 4 is 12.4 Å². The quantitative estimate of drug-likeness (QED) is 0.942. The summed E-state index contributed by atoms with van der Waals surface area (Å²) in [6.45, 7) is 1.96. The van der Waals surface area contributed by atoms with Crippen molar-refractivity contribution in [2.45, 2.75) is 20.8 Å². The molecule has 1 aromatic heterocycles.